The van der Waals surface area contributed by atoms with Gasteiger partial charge in [-0.25, -0.2) is 0 Å². The molecule has 6 unspecified atom stereocenters. The zero-order chi connectivity index (χ0) is 9.59. The summed E-state index contributed by atoms with van der Waals surface area (Å²) in [6, 6.07) is 0. The smallest absolute Gasteiger partial charge is 0.0611 e. The zero-order valence-electron chi connectivity index (χ0n) is 8.73. The second-order valence-corrected chi connectivity index (χ2v) is 4.69. The third-order valence-electron chi connectivity index (χ3n) is 4.05. The Labute approximate surface area is 80.3 Å². The van der Waals surface area contributed by atoms with Gasteiger partial charge in [0.15, 0.2) is 0 Å². The first kappa shape index (κ1) is 9.47. The molecule has 2 fully saturated rings. The Kier molecular flexibility index (Phi) is 2.37. The minimum Gasteiger partial charge on any atom is -0.393 e. The van der Waals surface area contributed by atoms with Gasteiger partial charge in [0, 0.05) is 0 Å². The van der Waals surface area contributed by atoms with Gasteiger partial charge in [0.2, 0.25) is 0 Å². The predicted octanol–water partition coefficient (Wildman–Crippen LogP) is 1.82. The molecular weight excluding hydrogens is 164 g/mol. The highest BCUT2D eigenvalue weighted by Crippen LogP contribution is 2.49. The summed E-state index contributed by atoms with van der Waals surface area (Å²) in [7, 11) is 0. The predicted molar refractivity (Wildman–Crippen MR) is 51.4 cm³/mol. The monoisotopic (exact) mass is 184 g/mol. The van der Waals surface area contributed by atoms with E-state index in [1.807, 2.05) is 0 Å². The largest absolute Gasteiger partial charge is 0.393 e. The molecule has 2 aliphatic rings. The molecule has 1 saturated heterocycles. The molecule has 0 aromatic rings. The molecule has 2 rings (SSSR count). The van der Waals surface area contributed by atoms with Crippen LogP contribution in [0.1, 0.15) is 33.6 Å². The van der Waals surface area contributed by atoms with Crippen molar-refractivity contribution in [2.75, 3.05) is 0 Å². The normalized spacial score (nSPS) is 51.2. The van der Waals surface area contributed by atoms with Crippen LogP contribution < -0.4 is 0 Å². The van der Waals surface area contributed by atoms with Crippen molar-refractivity contribution in [3.05, 3.63) is 0 Å². The summed E-state index contributed by atoms with van der Waals surface area (Å²) in [5, 5.41) is 9.91. The Bertz CT molecular complexity index is 193. The molecule has 1 saturated carbocycles. The van der Waals surface area contributed by atoms with Gasteiger partial charge in [-0.3, -0.25) is 0 Å². The fourth-order valence-corrected chi connectivity index (χ4v) is 3.25. The third-order valence-corrected chi connectivity index (χ3v) is 4.05. The molecule has 2 heteroatoms. The topological polar surface area (TPSA) is 29.5 Å². The summed E-state index contributed by atoms with van der Waals surface area (Å²) >= 11 is 0. The second-order valence-electron chi connectivity index (χ2n) is 4.69. The first-order valence-corrected chi connectivity index (χ1v) is 5.48. The van der Waals surface area contributed by atoms with Crippen molar-refractivity contribution in [3.8, 4) is 0 Å². The summed E-state index contributed by atoms with van der Waals surface area (Å²) in [4.78, 5) is 0. The first-order chi connectivity index (χ1) is 6.15. The standard InChI is InChI=1S/C11H20O2/c1-4-9(12)11-6(2)10-5-8(11)7(3)13-10/h6-12H,4-5H2,1-3H3. The average molecular weight is 184 g/mol. The van der Waals surface area contributed by atoms with E-state index >= 15 is 0 Å². The number of hydrogen-bond donors (Lipinski definition) is 1. The Morgan fingerprint density at radius 3 is 2.69 bits per heavy atom. The SMILES string of the molecule is CCC(O)C1C(C)C2CC1C(C)O2. The van der Waals surface area contributed by atoms with Crippen LogP contribution in [-0.4, -0.2) is 23.4 Å². The number of fused-ring (bicyclic) bond motifs is 2. The van der Waals surface area contributed by atoms with E-state index in [2.05, 4.69) is 20.8 Å². The van der Waals surface area contributed by atoms with Crippen molar-refractivity contribution in [2.45, 2.75) is 51.9 Å². The van der Waals surface area contributed by atoms with Gasteiger partial charge >= 0.3 is 0 Å². The Morgan fingerprint density at radius 2 is 2.15 bits per heavy atom. The lowest BCUT2D eigenvalue weighted by atomic mass is 9.80. The quantitative estimate of drug-likeness (QED) is 0.709. The summed E-state index contributed by atoms with van der Waals surface area (Å²) < 4.78 is 5.79. The van der Waals surface area contributed by atoms with Crippen molar-refractivity contribution in [2.24, 2.45) is 17.8 Å². The Hall–Kier alpha value is -0.0800. The zero-order valence-corrected chi connectivity index (χ0v) is 8.73. The lowest BCUT2D eigenvalue weighted by Crippen LogP contribution is -2.38. The van der Waals surface area contributed by atoms with Gasteiger partial charge < -0.3 is 9.84 Å². The highest BCUT2D eigenvalue weighted by atomic mass is 16.5. The molecule has 0 aromatic heterocycles. The lowest BCUT2D eigenvalue weighted by molar-refractivity contribution is -0.0770. The molecule has 2 bridgehead atoms. The van der Waals surface area contributed by atoms with Gasteiger partial charge in [-0.2, -0.15) is 0 Å². The molecule has 0 spiro atoms. The van der Waals surface area contributed by atoms with Crippen molar-refractivity contribution in [1.29, 1.82) is 0 Å². The van der Waals surface area contributed by atoms with Gasteiger partial charge in [0.1, 0.15) is 0 Å². The summed E-state index contributed by atoms with van der Waals surface area (Å²) in [5.41, 5.74) is 0. The molecule has 0 radical (unpaired) electrons. The molecule has 2 nitrogen and oxygen atoms in total. The highest BCUT2D eigenvalue weighted by Gasteiger charge is 2.52. The van der Waals surface area contributed by atoms with Gasteiger partial charge in [-0.05, 0) is 37.5 Å². The number of hydrogen-bond acceptors (Lipinski definition) is 2. The van der Waals surface area contributed by atoms with E-state index in [9.17, 15) is 5.11 Å². The van der Waals surface area contributed by atoms with Crippen molar-refractivity contribution < 1.29 is 9.84 Å². The number of ether oxygens (including phenoxy) is 1. The van der Waals surface area contributed by atoms with E-state index in [0.29, 0.717) is 30.0 Å². The molecule has 6 atom stereocenters. The first-order valence-electron chi connectivity index (χ1n) is 5.48. The van der Waals surface area contributed by atoms with Gasteiger partial charge in [-0.1, -0.05) is 13.8 Å². The summed E-state index contributed by atoms with van der Waals surface area (Å²) in [5.74, 6) is 1.64. The Morgan fingerprint density at radius 1 is 1.46 bits per heavy atom. The van der Waals surface area contributed by atoms with E-state index in [1.165, 1.54) is 6.42 Å². The van der Waals surface area contributed by atoms with E-state index in [1.54, 1.807) is 0 Å². The van der Waals surface area contributed by atoms with Crippen molar-refractivity contribution >= 4 is 0 Å². The molecule has 0 aromatic carbocycles. The van der Waals surface area contributed by atoms with Crippen LogP contribution in [0, 0.1) is 17.8 Å². The van der Waals surface area contributed by atoms with Crippen LogP contribution >= 0.6 is 0 Å². The number of aliphatic hydroxyl groups excluding tert-OH is 1. The van der Waals surface area contributed by atoms with Crippen molar-refractivity contribution in [1.82, 2.24) is 0 Å². The van der Waals surface area contributed by atoms with Crippen LogP contribution in [0.4, 0.5) is 0 Å². The van der Waals surface area contributed by atoms with E-state index < -0.39 is 0 Å². The van der Waals surface area contributed by atoms with E-state index in [0.717, 1.165) is 6.42 Å². The summed E-state index contributed by atoms with van der Waals surface area (Å²) in [6.07, 6.45) is 2.73. The molecule has 1 heterocycles. The third kappa shape index (κ3) is 1.31. The van der Waals surface area contributed by atoms with E-state index in [-0.39, 0.29) is 6.10 Å². The van der Waals surface area contributed by atoms with Gasteiger partial charge in [0.05, 0.1) is 18.3 Å². The van der Waals surface area contributed by atoms with Crippen LogP contribution in [0.3, 0.4) is 0 Å². The maximum atomic E-state index is 9.91. The van der Waals surface area contributed by atoms with E-state index in [4.69, 9.17) is 4.74 Å². The maximum Gasteiger partial charge on any atom is 0.0611 e. The minimum atomic E-state index is -0.114. The maximum absolute atomic E-state index is 9.91. The lowest BCUT2D eigenvalue weighted by Gasteiger charge is -2.35. The molecular formula is C11H20O2. The minimum absolute atomic E-state index is 0.114. The fourth-order valence-electron chi connectivity index (χ4n) is 3.25. The highest BCUT2D eigenvalue weighted by molar-refractivity contribution is 4.99. The average Bonchev–Trinajstić information content (AvgIpc) is 2.60. The Balaban J connectivity index is 2.11. The molecule has 1 aliphatic heterocycles. The number of rotatable bonds is 2. The molecule has 76 valence electrons. The molecule has 1 aliphatic carbocycles. The summed E-state index contributed by atoms with van der Waals surface area (Å²) in [6.45, 7) is 6.43. The van der Waals surface area contributed by atoms with Crippen LogP contribution in [0.5, 0.6) is 0 Å². The van der Waals surface area contributed by atoms with Gasteiger partial charge in [0.25, 0.3) is 0 Å². The van der Waals surface area contributed by atoms with Crippen LogP contribution in [0.2, 0.25) is 0 Å². The molecule has 1 N–H and O–H groups in total. The number of aliphatic hydroxyl groups is 1. The fraction of sp³-hybridized carbons (Fsp3) is 1.00. The molecule has 0 amide bonds. The van der Waals surface area contributed by atoms with Crippen molar-refractivity contribution in [3.63, 3.8) is 0 Å². The van der Waals surface area contributed by atoms with Crippen LogP contribution in [0.25, 0.3) is 0 Å². The van der Waals surface area contributed by atoms with Gasteiger partial charge in [-0.15, -0.1) is 0 Å². The molecule has 13 heavy (non-hydrogen) atoms. The van der Waals surface area contributed by atoms with Crippen LogP contribution in [-0.2, 0) is 4.74 Å². The van der Waals surface area contributed by atoms with Crippen LogP contribution in [0.15, 0.2) is 0 Å². The second kappa shape index (κ2) is 3.25.